The summed E-state index contributed by atoms with van der Waals surface area (Å²) >= 11 is 0. The number of nitrogens with one attached hydrogen (secondary N) is 2. The van der Waals surface area contributed by atoms with E-state index >= 15 is 0 Å². The van der Waals surface area contributed by atoms with E-state index in [9.17, 15) is 8.42 Å². The van der Waals surface area contributed by atoms with Crippen molar-refractivity contribution in [3.05, 3.63) is 0 Å². The summed E-state index contributed by atoms with van der Waals surface area (Å²) in [5, 5.41) is 3.19. The van der Waals surface area contributed by atoms with Gasteiger partial charge in [0.1, 0.15) is 0 Å². The minimum atomic E-state index is -3.11. The highest BCUT2D eigenvalue weighted by atomic mass is 32.2. The van der Waals surface area contributed by atoms with Crippen LogP contribution >= 0.6 is 0 Å². The maximum absolute atomic E-state index is 11.8. The fraction of sp³-hybridized carbons (Fsp3) is 1.00. The molecule has 0 aromatic heterocycles. The normalized spacial score (nSPS) is 17.6. The van der Waals surface area contributed by atoms with Gasteiger partial charge in [0, 0.05) is 20.3 Å². The van der Waals surface area contributed by atoms with Crippen LogP contribution in [0.4, 0.5) is 0 Å². The van der Waals surface area contributed by atoms with Crippen molar-refractivity contribution in [3.63, 3.8) is 0 Å². The minimum absolute atomic E-state index is 0.173. The minimum Gasteiger partial charge on any atom is -0.385 e. The van der Waals surface area contributed by atoms with Crippen LogP contribution in [0.5, 0.6) is 0 Å². The Labute approximate surface area is 117 Å². The Morgan fingerprint density at radius 3 is 2.58 bits per heavy atom. The number of hydrogen-bond acceptors (Lipinski definition) is 4. The maximum Gasteiger partial charge on any atom is 0.211 e. The van der Waals surface area contributed by atoms with E-state index in [1.807, 2.05) is 6.92 Å². The van der Waals surface area contributed by atoms with E-state index in [0.29, 0.717) is 19.6 Å². The zero-order chi connectivity index (χ0) is 14.2. The number of methoxy groups -OCH3 is 1. The lowest BCUT2D eigenvalue weighted by molar-refractivity contribution is 0.173. The van der Waals surface area contributed by atoms with Gasteiger partial charge in [0.2, 0.25) is 10.0 Å². The van der Waals surface area contributed by atoms with Gasteiger partial charge >= 0.3 is 0 Å². The highest BCUT2D eigenvalue weighted by Crippen LogP contribution is 2.48. The second kappa shape index (κ2) is 8.19. The fourth-order valence-electron chi connectivity index (χ4n) is 2.06. The van der Waals surface area contributed by atoms with E-state index in [0.717, 1.165) is 38.8 Å². The molecule has 0 radical (unpaired) electrons. The van der Waals surface area contributed by atoms with Gasteiger partial charge in [-0.1, -0.05) is 6.92 Å². The summed E-state index contributed by atoms with van der Waals surface area (Å²) in [5.74, 6) is 0.235. The summed E-state index contributed by atoms with van der Waals surface area (Å²) in [5.41, 5.74) is 0.173. The third kappa shape index (κ3) is 7.25. The van der Waals surface area contributed by atoms with E-state index in [-0.39, 0.29) is 11.2 Å². The first-order valence-corrected chi connectivity index (χ1v) is 8.86. The Kier molecular flexibility index (Phi) is 7.28. The third-order valence-electron chi connectivity index (χ3n) is 3.73. The van der Waals surface area contributed by atoms with Crippen molar-refractivity contribution >= 4 is 10.0 Å². The van der Waals surface area contributed by atoms with Gasteiger partial charge in [-0.2, -0.15) is 0 Å². The second-order valence-corrected chi connectivity index (χ2v) is 7.37. The molecule has 1 saturated carbocycles. The van der Waals surface area contributed by atoms with Crippen LogP contribution in [0, 0.1) is 5.41 Å². The summed E-state index contributed by atoms with van der Waals surface area (Å²) in [4.78, 5) is 0. The van der Waals surface area contributed by atoms with Gasteiger partial charge in [-0.15, -0.1) is 0 Å². The van der Waals surface area contributed by atoms with Crippen LogP contribution in [-0.2, 0) is 14.8 Å². The molecule has 0 amide bonds. The van der Waals surface area contributed by atoms with Gasteiger partial charge in [-0.3, -0.25) is 0 Å². The van der Waals surface area contributed by atoms with E-state index < -0.39 is 10.0 Å². The van der Waals surface area contributed by atoms with E-state index in [4.69, 9.17) is 4.74 Å². The molecule has 114 valence electrons. The zero-order valence-electron chi connectivity index (χ0n) is 12.2. The molecule has 1 rings (SSSR count). The summed E-state index contributed by atoms with van der Waals surface area (Å²) < 4.78 is 31.5. The molecule has 5 nitrogen and oxygen atoms in total. The Bertz CT molecular complexity index is 340. The zero-order valence-corrected chi connectivity index (χ0v) is 13.0. The molecule has 0 aliphatic heterocycles. The van der Waals surface area contributed by atoms with Gasteiger partial charge < -0.3 is 10.1 Å². The Balaban J connectivity index is 2.16. The van der Waals surface area contributed by atoms with Crippen LogP contribution in [0.3, 0.4) is 0 Å². The first kappa shape index (κ1) is 16.9. The molecule has 0 heterocycles. The predicted molar refractivity (Wildman–Crippen MR) is 77.7 cm³/mol. The van der Waals surface area contributed by atoms with Crippen LogP contribution in [0.2, 0.25) is 0 Å². The molecule has 0 saturated heterocycles. The first-order chi connectivity index (χ1) is 9.04. The summed E-state index contributed by atoms with van der Waals surface area (Å²) in [6.45, 7) is 5.17. The van der Waals surface area contributed by atoms with Crippen LogP contribution in [0.1, 0.15) is 39.0 Å². The summed E-state index contributed by atoms with van der Waals surface area (Å²) in [6.07, 6.45) is 4.79. The maximum atomic E-state index is 11.8. The lowest BCUT2D eigenvalue weighted by Gasteiger charge is -2.15. The molecule has 1 aliphatic rings. The summed E-state index contributed by atoms with van der Waals surface area (Å²) in [7, 11) is -1.42. The summed E-state index contributed by atoms with van der Waals surface area (Å²) in [6, 6.07) is 0. The molecule has 0 spiro atoms. The molecular formula is C13H28N2O3S. The largest absolute Gasteiger partial charge is 0.385 e. The fourth-order valence-corrected chi connectivity index (χ4v) is 3.32. The highest BCUT2D eigenvalue weighted by molar-refractivity contribution is 7.89. The number of sulfonamides is 1. The molecule has 0 atom stereocenters. The van der Waals surface area contributed by atoms with Gasteiger partial charge in [0.25, 0.3) is 0 Å². The average Bonchev–Trinajstić information content (AvgIpc) is 3.15. The van der Waals surface area contributed by atoms with Crippen molar-refractivity contribution in [1.29, 1.82) is 0 Å². The Morgan fingerprint density at radius 2 is 2.00 bits per heavy atom. The van der Waals surface area contributed by atoms with Crippen LogP contribution in [0.25, 0.3) is 0 Å². The standard InChI is InChI=1S/C13H28N2O3S/c1-3-14-9-4-5-11-19(16,17)15-12-13(6-7-13)8-10-18-2/h14-15H,3-12H2,1-2H3. The van der Waals surface area contributed by atoms with Gasteiger partial charge in [0.15, 0.2) is 0 Å². The molecule has 0 unspecified atom stereocenters. The van der Waals surface area contributed by atoms with E-state index in [1.54, 1.807) is 7.11 Å². The van der Waals surface area contributed by atoms with E-state index in [1.165, 1.54) is 0 Å². The third-order valence-corrected chi connectivity index (χ3v) is 5.14. The van der Waals surface area contributed by atoms with Crippen molar-refractivity contribution in [2.45, 2.75) is 39.0 Å². The lowest BCUT2D eigenvalue weighted by atomic mass is 10.0. The monoisotopic (exact) mass is 292 g/mol. The first-order valence-electron chi connectivity index (χ1n) is 7.21. The quantitative estimate of drug-likeness (QED) is 0.529. The van der Waals surface area contributed by atoms with Gasteiger partial charge in [-0.25, -0.2) is 13.1 Å². The predicted octanol–water partition coefficient (Wildman–Crippen LogP) is 1.11. The van der Waals surface area contributed by atoms with E-state index in [2.05, 4.69) is 10.0 Å². The van der Waals surface area contributed by atoms with Crippen molar-refractivity contribution < 1.29 is 13.2 Å². The molecular weight excluding hydrogens is 264 g/mol. The molecule has 6 heteroatoms. The Hall–Kier alpha value is -0.170. The number of unbranched alkanes of at least 4 members (excludes halogenated alkanes) is 1. The van der Waals surface area contributed by atoms with Gasteiger partial charge in [0.05, 0.1) is 5.75 Å². The van der Waals surface area contributed by atoms with Crippen molar-refractivity contribution in [2.24, 2.45) is 5.41 Å². The van der Waals surface area contributed by atoms with Gasteiger partial charge in [-0.05, 0) is 50.6 Å². The second-order valence-electron chi connectivity index (χ2n) is 5.44. The molecule has 1 fully saturated rings. The molecule has 0 aromatic rings. The van der Waals surface area contributed by atoms with Crippen molar-refractivity contribution in [2.75, 3.05) is 39.1 Å². The van der Waals surface area contributed by atoms with Crippen LogP contribution < -0.4 is 10.0 Å². The molecule has 0 aromatic carbocycles. The number of ether oxygens (including phenoxy) is 1. The smallest absolute Gasteiger partial charge is 0.211 e. The number of hydrogen-bond donors (Lipinski definition) is 2. The SMILES string of the molecule is CCNCCCCS(=O)(=O)NCC1(CCOC)CC1. The molecule has 1 aliphatic carbocycles. The lowest BCUT2D eigenvalue weighted by Crippen LogP contribution is -2.32. The van der Waals surface area contributed by atoms with Crippen molar-refractivity contribution in [3.8, 4) is 0 Å². The highest BCUT2D eigenvalue weighted by Gasteiger charge is 2.42. The molecule has 19 heavy (non-hydrogen) atoms. The topological polar surface area (TPSA) is 67.4 Å². The Morgan fingerprint density at radius 1 is 1.26 bits per heavy atom. The average molecular weight is 292 g/mol. The van der Waals surface area contributed by atoms with Crippen LogP contribution in [0.15, 0.2) is 0 Å². The number of rotatable bonds is 12. The molecule has 0 bridgehead atoms. The molecule has 2 N–H and O–H groups in total. The van der Waals surface area contributed by atoms with Crippen LogP contribution in [-0.4, -0.2) is 47.5 Å². The van der Waals surface area contributed by atoms with Crippen molar-refractivity contribution in [1.82, 2.24) is 10.0 Å².